The van der Waals surface area contributed by atoms with Crippen LogP contribution in [0.3, 0.4) is 0 Å². The Labute approximate surface area is 150 Å². The van der Waals surface area contributed by atoms with Crippen LogP contribution in [0.2, 0.25) is 0 Å². The zero-order valence-electron chi connectivity index (χ0n) is 15.2. The number of ether oxygens (including phenoxy) is 2. The maximum absolute atomic E-state index is 12.9. The van der Waals surface area contributed by atoms with Crippen molar-refractivity contribution in [3.8, 4) is 12.3 Å². The van der Waals surface area contributed by atoms with E-state index in [-0.39, 0.29) is 0 Å². The van der Waals surface area contributed by atoms with Crippen LogP contribution < -0.4 is 0 Å². The van der Waals surface area contributed by atoms with Crippen molar-refractivity contribution in [2.45, 2.75) is 51.2 Å². The first-order chi connectivity index (χ1) is 12.1. The van der Waals surface area contributed by atoms with Crippen molar-refractivity contribution in [1.82, 2.24) is 0 Å². The highest BCUT2D eigenvalue weighted by atomic mass is 16.6. The van der Waals surface area contributed by atoms with Crippen LogP contribution in [0, 0.1) is 12.3 Å². The fourth-order valence-corrected chi connectivity index (χ4v) is 2.94. The molecule has 0 bridgehead atoms. The van der Waals surface area contributed by atoms with Crippen molar-refractivity contribution in [2.75, 3.05) is 7.11 Å². The molecule has 0 saturated carbocycles. The van der Waals surface area contributed by atoms with Crippen molar-refractivity contribution >= 4 is 16.7 Å². The van der Waals surface area contributed by atoms with Gasteiger partial charge in [0.15, 0.2) is 11.7 Å². The van der Waals surface area contributed by atoms with Gasteiger partial charge < -0.3 is 9.47 Å². The molecule has 0 radical (unpaired) electrons. The van der Waals surface area contributed by atoms with E-state index in [2.05, 4.69) is 12.8 Å². The standard InChI is InChI=1S/C22H26O3/c1-5-7-8-14-18(6-2)25-21(23)22(3,24-4)20-16-11-13-17-12-9-10-15-19(17)20/h2,9-13,15-16,18H,5,7-8,14H2,1,3-4H3/t18-,22-/m0/s1. The first-order valence-corrected chi connectivity index (χ1v) is 8.77. The van der Waals surface area contributed by atoms with Gasteiger partial charge in [0.2, 0.25) is 0 Å². The minimum absolute atomic E-state index is 0.453. The molecule has 0 aliphatic rings. The molecule has 2 aromatic rings. The summed E-state index contributed by atoms with van der Waals surface area (Å²) in [6.45, 7) is 3.86. The van der Waals surface area contributed by atoms with E-state index in [9.17, 15) is 4.79 Å². The Morgan fingerprint density at radius 2 is 1.92 bits per heavy atom. The second kappa shape index (κ2) is 8.69. The first kappa shape index (κ1) is 19.0. The van der Waals surface area contributed by atoms with E-state index in [0.29, 0.717) is 6.42 Å². The Balaban J connectivity index is 2.29. The molecule has 0 heterocycles. The predicted molar refractivity (Wildman–Crippen MR) is 101 cm³/mol. The summed E-state index contributed by atoms with van der Waals surface area (Å²) in [5, 5.41) is 2.02. The van der Waals surface area contributed by atoms with Crippen molar-refractivity contribution in [3.63, 3.8) is 0 Å². The van der Waals surface area contributed by atoms with Crippen LogP contribution in [0.4, 0.5) is 0 Å². The maximum atomic E-state index is 12.9. The minimum atomic E-state index is -1.21. The summed E-state index contributed by atoms with van der Waals surface area (Å²) < 4.78 is 11.2. The molecular weight excluding hydrogens is 312 g/mol. The van der Waals surface area contributed by atoms with Gasteiger partial charge in [-0.1, -0.05) is 68.2 Å². The van der Waals surface area contributed by atoms with Gasteiger partial charge in [-0.2, -0.15) is 0 Å². The smallest absolute Gasteiger partial charge is 0.344 e. The van der Waals surface area contributed by atoms with E-state index in [0.717, 1.165) is 35.6 Å². The van der Waals surface area contributed by atoms with E-state index in [1.165, 1.54) is 7.11 Å². The number of carbonyl (C=O) groups is 1. The lowest BCUT2D eigenvalue weighted by Gasteiger charge is -2.29. The highest BCUT2D eigenvalue weighted by molar-refractivity contribution is 5.92. The van der Waals surface area contributed by atoms with Gasteiger partial charge in [0.1, 0.15) is 0 Å². The Kier molecular flexibility index (Phi) is 6.61. The summed E-state index contributed by atoms with van der Waals surface area (Å²) >= 11 is 0. The summed E-state index contributed by atoms with van der Waals surface area (Å²) in [4.78, 5) is 12.9. The van der Waals surface area contributed by atoms with E-state index >= 15 is 0 Å². The molecular formula is C22H26O3. The molecule has 132 valence electrons. The number of esters is 1. The SMILES string of the molecule is C#C[C@@H](CCCCC)OC(=O)[C@@](C)(OC)c1cccc2ccccc12. The third-order valence-electron chi connectivity index (χ3n) is 4.61. The molecule has 0 unspecified atom stereocenters. The van der Waals surface area contributed by atoms with Crippen molar-refractivity contribution in [2.24, 2.45) is 0 Å². The molecule has 0 aromatic heterocycles. The monoisotopic (exact) mass is 338 g/mol. The third-order valence-corrected chi connectivity index (χ3v) is 4.61. The lowest BCUT2D eigenvalue weighted by Crippen LogP contribution is -2.38. The van der Waals surface area contributed by atoms with E-state index in [1.807, 2.05) is 42.5 Å². The van der Waals surface area contributed by atoms with Crippen LogP contribution in [-0.2, 0) is 19.9 Å². The van der Waals surface area contributed by atoms with Crippen LogP contribution in [0.25, 0.3) is 10.8 Å². The highest BCUT2D eigenvalue weighted by Gasteiger charge is 2.39. The predicted octanol–water partition coefficient (Wildman–Crippen LogP) is 4.83. The fraction of sp³-hybridized carbons (Fsp3) is 0.409. The molecule has 25 heavy (non-hydrogen) atoms. The van der Waals surface area contributed by atoms with Crippen LogP contribution >= 0.6 is 0 Å². The van der Waals surface area contributed by atoms with Crippen molar-refractivity contribution in [1.29, 1.82) is 0 Å². The lowest BCUT2D eigenvalue weighted by atomic mass is 9.90. The zero-order chi connectivity index (χ0) is 18.3. The summed E-state index contributed by atoms with van der Waals surface area (Å²) in [7, 11) is 1.52. The fourth-order valence-electron chi connectivity index (χ4n) is 2.94. The Bertz CT molecular complexity index is 754. The van der Waals surface area contributed by atoms with E-state index in [1.54, 1.807) is 6.92 Å². The second-order valence-corrected chi connectivity index (χ2v) is 6.32. The lowest BCUT2D eigenvalue weighted by molar-refractivity contribution is -0.171. The van der Waals surface area contributed by atoms with E-state index < -0.39 is 17.7 Å². The average molecular weight is 338 g/mol. The number of unbranched alkanes of at least 4 members (excludes halogenated alkanes) is 2. The number of hydrogen-bond acceptors (Lipinski definition) is 3. The summed E-state index contributed by atoms with van der Waals surface area (Å²) in [5.41, 5.74) is -0.428. The van der Waals surface area contributed by atoms with Crippen molar-refractivity contribution in [3.05, 3.63) is 48.0 Å². The molecule has 0 fully saturated rings. The first-order valence-electron chi connectivity index (χ1n) is 8.77. The topological polar surface area (TPSA) is 35.5 Å². The Morgan fingerprint density at radius 3 is 2.60 bits per heavy atom. The number of carbonyl (C=O) groups excluding carboxylic acids is 1. The zero-order valence-corrected chi connectivity index (χ0v) is 15.2. The summed E-state index contributed by atoms with van der Waals surface area (Å²) in [6.07, 6.45) is 8.80. The molecule has 0 aliphatic carbocycles. The van der Waals surface area contributed by atoms with Gasteiger partial charge in [0, 0.05) is 12.7 Å². The highest BCUT2D eigenvalue weighted by Crippen LogP contribution is 2.33. The van der Waals surface area contributed by atoms with Gasteiger partial charge in [-0.25, -0.2) is 4.79 Å². The molecule has 3 heteroatoms. The molecule has 0 N–H and O–H groups in total. The van der Waals surface area contributed by atoms with Crippen LogP contribution in [0.1, 0.15) is 45.1 Å². The molecule has 0 saturated heterocycles. The normalized spacial score (nSPS) is 14.5. The van der Waals surface area contributed by atoms with Gasteiger partial charge in [0.25, 0.3) is 0 Å². The van der Waals surface area contributed by atoms with Crippen LogP contribution in [0.15, 0.2) is 42.5 Å². The molecule has 3 nitrogen and oxygen atoms in total. The number of benzene rings is 2. The van der Waals surface area contributed by atoms with E-state index in [4.69, 9.17) is 15.9 Å². The number of fused-ring (bicyclic) bond motifs is 1. The Hall–Kier alpha value is -2.31. The second-order valence-electron chi connectivity index (χ2n) is 6.32. The van der Waals surface area contributed by atoms with Gasteiger partial charge in [-0.05, 0) is 30.5 Å². The third kappa shape index (κ3) is 4.21. The Morgan fingerprint density at radius 1 is 1.20 bits per heavy atom. The summed E-state index contributed by atoms with van der Waals surface area (Å²) in [5.74, 6) is 2.13. The van der Waals surface area contributed by atoms with Gasteiger partial charge in [-0.15, -0.1) is 6.42 Å². The number of methoxy groups -OCH3 is 1. The molecule has 2 rings (SSSR count). The molecule has 0 amide bonds. The quantitative estimate of drug-likeness (QED) is 0.393. The summed E-state index contributed by atoms with van der Waals surface area (Å²) in [6, 6.07) is 13.7. The molecule has 2 atom stereocenters. The van der Waals surface area contributed by atoms with Gasteiger partial charge >= 0.3 is 5.97 Å². The minimum Gasteiger partial charge on any atom is -0.447 e. The largest absolute Gasteiger partial charge is 0.447 e. The van der Waals surface area contributed by atoms with Crippen LogP contribution in [0.5, 0.6) is 0 Å². The molecule has 0 spiro atoms. The average Bonchev–Trinajstić information content (AvgIpc) is 2.66. The number of terminal acetylenes is 1. The number of hydrogen-bond donors (Lipinski definition) is 0. The number of rotatable bonds is 8. The van der Waals surface area contributed by atoms with Gasteiger partial charge in [-0.3, -0.25) is 0 Å². The van der Waals surface area contributed by atoms with Gasteiger partial charge in [0.05, 0.1) is 0 Å². The maximum Gasteiger partial charge on any atom is 0.344 e. The molecule has 2 aromatic carbocycles. The molecule has 0 aliphatic heterocycles. The van der Waals surface area contributed by atoms with Crippen molar-refractivity contribution < 1.29 is 14.3 Å². The van der Waals surface area contributed by atoms with Crippen LogP contribution in [-0.4, -0.2) is 19.2 Å².